The van der Waals surface area contributed by atoms with Crippen molar-refractivity contribution in [2.24, 2.45) is 0 Å². The molecule has 1 fully saturated rings. The van der Waals surface area contributed by atoms with Crippen LogP contribution in [0, 0.1) is 5.82 Å². The summed E-state index contributed by atoms with van der Waals surface area (Å²) < 4.78 is 26.7. The van der Waals surface area contributed by atoms with Crippen LogP contribution < -0.4 is 4.74 Å². The van der Waals surface area contributed by atoms with Crippen LogP contribution in [-0.4, -0.2) is 57.7 Å². The quantitative estimate of drug-likeness (QED) is 0.397. The van der Waals surface area contributed by atoms with Crippen molar-refractivity contribution in [3.63, 3.8) is 0 Å². The van der Waals surface area contributed by atoms with Crippen LogP contribution in [0.4, 0.5) is 4.39 Å². The van der Waals surface area contributed by atoms with Crippen molar-refractivity contribution in [2.45, 2.75) is 44.1 Å². The Hall–Kier alpha value is -2.91. The number of hydrogen-bond donors (Lipinski definition) is 0. The van der Waals surface area contributed by atoms with Crippen LogP contribution in [0.2, 0.25) is 0 Å². The van der Waals surface area contributed by atoms with Gasteiger partial charge in [0.05, 0.1) is 25.5 Å². The predicted octanol–water partition coefficient (Wildman–Crippen LogP) is 4.41. The summed E-state index contributed by atoms with van der Waals surface area (Å²) >= 11 is 1.36. The van der Waals surface area contributed by atoms with Crippen molar-refractivity contribution in [2.75, 3.05) is 26.0 Å². The number of ether oxygens (including phenoxy) is 2. The molecule has 2 heterocycles. The zero-order chi connectivity index (χ0) is 23.9. The highest BCUT2D eigenvalue weighted by Crippen LogP contribution is 2.28. The highest BCUT2D eigenvalue weighted by atomic mass is 32.2. The van der Waals surface area contributed by atoms with Gasteiger partial charge in [0, 0.05) is 25.3 Å². The third kappa shape index (κ3) is 5.95. The second kappa shape index (κ2) is 11.5. The first kappa shape index (κ1) is 24.2. The van der Waals surface area contributed by atoms with E-state index < -0.39 is 0 Å². The molecule has 7 nitrogen and oxygen atoms in total. The van der Waals surface area contributed by atoms with E-state index in [4.69, 9.17) is 9.47 Å². The summed E-state index contributed by atoms with van der Waals surface area (Å²) in [7, 11) is 1.63. The molecule has 9 heteroatoms. The van der Waals surface area contributed by atoms with Gasteiger partial charge in [-0.25, -0.2) is 4.39 Å². The number of halogens is 1. The van der Waals surface area contributed by atoms with Crippen LogP contribution in [0.5, 0.6) is 5.75 Å². The standard InChI is InChI=1S/C25H29FN4O3S/c1-3-29(15-18-6-4-7-20(26)14-18)23(31)17-34-25-28-27-24(19-9-11-21(32-2)12-10-19)30(25)16-22-8-5-13-33-22/h4,6-7,9-12,14,22H,3,5,8,13,15-17H2,1-2H3. The molecule has 4 rings (SSSR count). The van der Waals surface area contributed by atoms with Crippen molar-refractivity contribution >= 4 is 17.7 Å². The van der Waals surface area contributed by atoms with Crippen molar-refractivity contribution in [1.29, 1.82) is 0 Å². The smallest absolute Gasteiger partial charge is 0.233 e. The first-order valence-corrected chi connectivity index (χ1v) is 12.4. The first-order chi connectivity index (χ1) is 16.6. The van der Waals surface area contributed by atoms with E-state index in [2.05, 4.69) is 10.2 Å². The summed E-state index contributed by atoms with van der Waals surface area (Å²) in [5.41, 5.74) is 1.69. The number of benzene rings is 2. The van der Waals surface area contributed by atoms with Crippen LogP contribution >= 0.6 is 11.8 Å². The maximum Gasteiger partial charge on any atom is 0.233 e. The Labute approximate surface area is 203 Å². The van der Waals surface area contributed by atoms with Gasteiger partial charge in [-0.1, -0.05) is 23.9 Å². The SMILES string of the molecule is CCN(Cc1cccc(F)c1)C(=O)CSc1nnc(-c2ccc(OC)cc2)n1CC1CCCO1. The van der Waals surface area contributed by atoms with Crippen LogP contribution in [0.3, 0.4) is 0 Å². The maximum absolute atomic E-state index is 13.5. The van der Waals surface area contributed by atoms with Crippen LogP contribution in [0.1, 0.15) is 25.3 Å². The molecular weight excluding hydrogens is 455 g/mol. The Balaban J connectivity index is 1.49. The van der Waals surface area contributed by atoms with Crippen LogP contribution in [0.15, 0.2) is 53.7 Å². The van der Waals surface area contributed by atoms with Gasteiger partial charge in [-0.05, 0) is 61.7 Å². The third-order valence-electron chi connectivity index (χ3n) is 5.80. The lowest BCUT2D eigenvalue weighted by atomic mass is 10.2. The normalized spacial score (nSPS) is 15.4. The molecule has 0 radical (unpaired) electrons. The number of aromatic nitrogens is 3. The molecule has 1 saturated heterocycles. The van der Waals surface area contributed by atoms with E-state index in [1.165, 1.54) is 23.9 Å². The average molecular weight is 485 g/mol. The molecule has 2 aromatic carbocycles. The fourth-order valence-electron chi connectivity index (χ4n) is 3.96. The molecular formula is C25H29FN4O3S. The zero-order valence-electron chi connectivity index (χ0n) is 19.4. The molecule has 1 aliphatic heterocycles. The molecule has 180 valence electrons. The van der Waals surface area contributed by atoms with Crippen molar-refractivity contribution in [1.82, 2.24) is 19.7 Å². The van der Waals surface area contributed by atoms with E-state index in [1.807, 2.05) is 41.8 Å². The molecule has 1 unspecified atom stereocenters. The zero-order valence-corrected chi connectivity index (χ0v) is 20.3. The summed E-state index contributed by atoms with van der Waals surface area (Å²) in [6.07, 6.45) is 2.13. The van der Waals surface area contributed by atoms with Crippen molar-refractivity contribution in [3.05, 3.63) is 59.9 Å². The van der Waals surface area contributed by atoms with Crippen LogP contribution in [-0.2, 0) is 22.6 Å². The fourth-order valence-corrected chi connectivity index (χ4v) is 4.81. The van der Waals surface area contributed by atoms with Gasteiger partial charge in [-0.15, -0.1) is 10.2 Å². The van der Waals surface area contributed by atoms with E-state index >= 15 is 0 Å². The molecule has 1 atom stereocenters. The summed E-state index contributed by atoms with van der Waals surface area (Å²) in [5, 5.41) is 9.51. The average Bonchev–Trinajstić information content (AvgIpc) is 3.51. The maximum atomic E-state index is 13.5. The van der Waals surface area contributed by atoms with E-state index in [1.54, 1.807) is 18.1 Å². The highest BCUT2D eigenvalue weighted by molar-refractivity contribution is 7.99. The molecule has 0 aliphatic carbocycles. The lowest BCUT2D eigenvalue weighted by molar-refractivity contribution is -0.128. The van der Waals surface area contributed by atoms with Crippen molar-refractivity contribution < 1.29 is 18.7 Å². The Morgan fingerprint density at radius 1 is 1.26 bits per heavy atom. The molecule has 3 aromatic rings. The van der Waals surface area contributed by atoms with Gasteiger partial charge in [-0.3, -0.25) is 9.36 Å². The Morgan fingerprint density at radius 3 is 2.76 bits per heavy atom. The third-order valence-corrected chi connectivity index (χ3v) is 6.75. The molecule has 0 saturated carbocycles. The first-order valence-electron chi connectivity index (χ1n) is 11.4. The number of nitrogens with zero attached hydrogens (tertiary/aromatic N) is 4. The van der Waals surface area contributed by atoms with E-state index in [0.29, 0.717) is 24.8 Å². The molecule has 0 bridgehead atoms. The van der Waals surface area contributed by atoms with Gasteiger partial charge < -0.3 is 14.4 Å². The number of thioether (sulfide) groups is 1. The lowest BCUT2D eigenvalue weighted by Gasteiger charge is -2.21. The van der Waals surface area contributed by atoms with E-state index in [9.17, 15) is 9.18 Å². The molecule has 1 aliphatic rings. The Kier molecular flexibility index (Phi) is 8.18. The fraction of sp³-hybridized carbons (Fsp3) is 0.400. The largest absolute Gasteiger partial charge is 0.497 e. The second-order valence-corrected chi connectivity index (χ2v) is 9.05. The summed E-state index contributed by atoms with van der Waals surface area (Å²) in [6.45, 7) is 4.22. The molecule has 34 heavy (non-hydrogen) atoms. The minimum absolute atomic E-state index is 0.0329. The minimum Gasteiger partial charge on any atom is -0.497 e. The number of amides is 1. The number of methoxy groups -OCH3 is 1. The summed E-state index contributed by atoms with van der Waals surface area (Å²) in [6, 6.07) is 14.0. The Morgan fingerprint density at radius 2 is 2.09 bits per heavy atom. The van der Waals surface area contributed by atoms with Gasteiger partial charge in [0.15, 0.2) is 11.0 Å². The topological polar surface area (TPSA) is 69.5 Å². The predicted molar refractivity (Wildman–Crippen MR) is 129 cm³/mol. The van der Waals surface area contributed by atoms with Gasteiger partial charge in [-0.2, -0.15) is 0 Å². The van der Waals surface area contributed by atoms with E-state index in [-0.39, 0.29) is 23.6 Å². The molecule has 1 aromatic heterocycles. The lowest BCUT2D eigenvalue weighted by Crippen LogP contribution is -2.31. The van der Waals surface area contributed by atoms with Gasteiger partial charge >= 0.3 is 0 Å². The second-order valence-electron chi connectivity index (χ2n) is 8.11. The monoisotopic (exact) mass is 484 g/mol. The number of carbonyl (C=O) groups is 1. The summed E-state index contributed by atoms with van der Waals surface area (Å²) in [4.78, 5) is 14.7. The van der Waals surface area contributed by atoms with Crippen LogP contribution in [0.25, 0.3) is 11.4 Å². The number of rotatable bonds is 10. The molecule has 1 amide bonds. The Bertz CT molecular complexity index is 1100. The highest BCUT2D eigenvalue weighted by Gasteiger charge is 2.23. The molecule has 0 N–H and O–H groups in total. The van der Waals surface area contributed by atoms with Gasteiger partial charge in [0.1, 0.15) is 11.6 Å². The minimum atomic E-state index is -0.302. The van der Waals surface area contributed by atoms with Gasteiger partial charge in [0.2, 0.25) is 5.91 Å². The van der Waals surface area contributed by atoms with Gasteiger partial charge in [0.25, 0.3) is 0 Å². The number of carbonyl (C=O) groups excluding carboxylic acids is 1. The van der Waals surface area contributed by atoms with E-state index in [0.717, 1.165) is 42.1 Å². The number of hydrogen-bond acceptors (Lipinski definition) is 6. The molecule has 0 spiro atoms. The van der Waals surface area contributed by atoms with Crippen molar-refractivity contribution in [3.8, 4) is 17.1 Å². The summed E-state index contributed by atoms with van der Waals surface area (Å²) in [5.74, 6) is 1.39.